The molecule has 0 aliphatic heterocycles. The van der Waals surface area contributed by atoms with Crippen LogP contribution in [0.1, 0.15) is 17.2 Å². The zero-order chi connectivity index (χ0) is 13.7. The molecule has 2 rings (SSSR count). The lowest BCUT2D eigenvalue weighted by atomic mass is 10.1. The van der Waals surface area contributed by atoms with E-state index in [0.29, 0.717) is 6.54 Å². The molecule has 0 amide bonds. The van der Waals surface area contributed by atoms with E-state index in [1.54, 1.807) is 0 Å². The van der Waals surface area contributed by atoms with Crippen LogP contribution in [-0.4, -0.2) is 11.7 Å². The topological polar surface area (TPSA) is 32.3 Å². The van der Waals surface area contributed by atoms with Crippen molar-refractivity contribution in [1.29, 1.82) is 0 Å². The van der Waals surface area contributed by atoms with Crippen molar-refractivity contribution in [2.45, 2.75) is 12.6 Å². The van der Waals surface area contributed by atoms with Crippen LogP contribution in [0.2, 0.25) is 0 Å². The molecule has 100 valence electrons. The molecule has 2 aromatic rings. The molecule has 0 aromatic heterocycles. The highest BCUT2D eigenvalue weighted by Gasteiger charge is 2.07. The SMILES string of the molecule is OC(CNCc1cccc(Br)c1)c1cccc(Br)c1. The Kier molecular flexibility index (Phi) is 5.58. The van der Waals surface area contributed by atoms with Crippen LogP contribution in [0.4, 0.5) is 0 Å². The van der Waals surface area contributed by atoms with Crippen molar-refractivity contribution < 1.29 is 5.11 Å². The molecule has 0 radical (unpaired) electrons. The van der Waals surface area contributed by atoms with E-state index >= 15 is 0 Å². The fourth-order valence-corrected chi connectivity index (χ4v) is 2.70. The van der Waals surface area contributed by atoms with Gasteiger partial charge in [0.15, 0.2) is 0 Å². The standard InChI is InChI=1S/C15H15Br2NO/c16-13-5-1-3-11(7-13)9-18-10-15(19)12-4-2-6-14(17)8-12/h1-8,15,18-19H,9-10H2. The van der Waals surface area contributed by atoms with E-state index < -0.39 is 6.10 Å². The molecule has 0 fully saturated rings. The molecule has 0 saturated carbocycles. The summed E-state index contributed by atoms with van der Waals surface area (Å²) in [6, 6.07) is 15.9. The van der Waals surface area contributed by atoms with Crippen LogP contribution in [0.15, 0.2) is 57.5 Å². The molecule has 2 nitrogen and oxygen atoms in total. The highest BCUT2D eigenvalue weighted by atomic mass is 79.9. The Labute approximate surface area is 130 Å². The van der Waals surface area contributed by atoms with E-state index in [2.05, 4.69) is 49.3 Å². The number of halogens is 2. The van der Waals surface area contributed by atoms with Gasteiger partial charge < -0.3 is 10.4 Å². The minimum atomic E-state index is -0.496. The molecule has 0 aliphatic carbocycles. The molecule has 19 heavy (non-hydrogen) atoms. The van der Waals surface area contributed by atoms with E-state index in [1.165, 1.54) is 5.56 Å². The highest BCUT2D eigenvalue weighted by Crippen LogP contribution is 2.18. The summed E-state index contributed by atoms with van der Waals surface area (Å²) in [5.41, 5.74) is 2.10. The highest BCUT2D eigenvalue weighted by molar-refractivity contribution is 9.10. The maximum Gasteiger partial charge on any atom is 0.0914 e. The Morgan fingerprint density at radius 2 is 1.68 bits per heavy atom. The third kappa shape index (κ3) is 4.73. The predicted molar refractivity (Wildman–Crippen MR) is 85.0 cm³/mol. The Hall–Kier alpha value is -0.680. The van der Waals surface area contributed by atoms with E-state index in [-0.39, 0.29) is 0 Å². The first-order valence-electron chi connectivity index (χ1n) is 6.04. The van der Waals surface area contributed by atoms with Crippen molar-refractivity contribution in [2.24, 2.45) is 0 Å². The van der Waals surface area contributed by atoms with Crippen molar-refractivity contribution >= 4 is 31.9 Å². The van der Waals surface area contributed by atoms with Gasteiger partial charge in [0.1, 0.15) is 0 Å². The average Bonchev–Trinajstić information content (AvgIpc) is 2.38. The van der Waals surface area contributed by atoms with Gasteiger partial charge in [0.25, 0.3) is 0 Å². The van der Waals surface area contributed by atoms with Crippen molar-refractivity contribution in [3.8, 4) is 0 Å². The van der Waals surface area contributed by atoms with Gasteiger partial charge in [0, 0.05) is 22.0 Å². The van der Waals surface area contributed by atoms with Crippen molar-refractivity contribution in [3.05, 3.63) is 68.6 Å². The molecule has 2 aromatic carbocycles. The molecular formula is C15H15Br2NO. The number of benzene rings is 2. The van der Waals surface area contributed by atoms with Gasteiger partial charge in [-0.05, 0) is 35.4 Å². The van der Waals surface area contributed by atoms with Crippen LogP contribution in [-0.2, 0) is 6.54 Å². The predicted octanol–water partition coefficient (Wildman–Crippen LogP) is 4.03. The van der Waals surface area contributed by atoms with Gasteiger partial charge in [-0.3, -0.25) is 0 Å². The normalized spacial score (nSPS) is 12.4. The summed E-state index contributed by atoms with van der Waals surface area (Å²) in [5, 5.41) is 13.3. The summed E-state index contributed by atoms with van der Waals surface area (Å²) >= 11 is 6.85. The molecular weight excluding hydrogens is 370 g/mol. The van der Waals surface area contributed by atoms with Crippen LogP contribution in [0.5, 0.6) is 0 Å². The van der Waals surface area contributed by atoms with Gasteiger partial charge in [-0.25, -0.2) is 0 Å². The lowest BCUT2D eigenvalue weighted by Crippen LogP contribution is -2.21. The van der Waals surface area contributed by atoms with Gasteiger partial charge in [-0.1, -0.05) is 56.1 Å². The molecule has 1 unspecified atom stereocenters. The number of aliphatic hydroxyl groups excluding tert-OH is 1. The monoisotopic (exact) mass is 383 g/mol. The molecule has 4 heteroatoms. The third-order valence-corrected chi connectivity index (χ3v) is 3.78. The zero-order valence-electron chi connectivity index (χ0n) is 10.3. The zero-order valence-corrected chi connectivity index (χ0v) is 13.5. The fraction of sp³-hybridized carbons (Fsp3) is 0.200. The Morgan fingerprint density at radius 3 is 2.37 bits per heavy atom. The maximum absolute atomic E-state index is 10.1. The number of hydrogen-bond acceptors (Lipinski definition) is 2. The third-order valence-electron chi connectivity index (χ3n) is 2.79. The van der Waals surface area contributed by atoms with E-state index in [9.17, 15) is 5.11 Å². The summed E-state index contributed by atoms with van der Waals surface area (Å²) in [7, 11) is 0. The smallest absolute Gasteiger partial charge is 0.0914 e. The number of hydrogen-bond donors (Lipinski definition) is 2. The van der Waals surface area contributed by atoms with Crippen LogP contribution in [0, 0.1) is 0 Å². The molecule has 0 saturated heterocycles. The molecule has 0 heterocycles. The lowest BCUT2D eigenvalue weighted by molar-refractivity contribution is 0.174. The Bertz CT molecular complexity index is 545. The second-order valence-electron chi connectivity index (χ2n) is 4.33. The van der Waals surface area contributed by atoms with Crippen LogP contribution >= 0.6 is 31.9 Å². The second-order valence-corrected chi connectivity index (χ2v) is 6.16. The first-order chi connectivity index (χ1) is 9.15. The Morgan fingerprint density at radius 1 is 1.00 bits per heavy atom. The average molecular weight is 385 g/mol. The summed E-state index contributed by atoms with van der Waals surface area (Å²) in [5.74, 6) is 0. The van der Waals surface area contributed by atoms with Crippen molar-refractivity contribution in [1.82, 2.24) is 5.32 Å². The molecule has 1 atom stereocenters. The van der Waals surface area contributed by atoms with Crippen LogP contribution in [0.25, 0.3) is 0 Å². The van der Waals surface area contributed by atoms with E-state index in [1.807, 2.05) is 36.4 Å². The van der Waals surface area contributed by atoms with Crippen LogP contribution in [0.3, 0.4) is 0 Å². The van der Waals surface area contributed by atoms with E-state index in [0.717, 1.165) is 21.1 Å². The summed E-state index contributed by atoms with van der Waals surface area (Å²) < 4.78 is 2.05. The van der Waals surface area contributed by atoms with Gasteiger partial charge in [-0.15, -0.1) is 0 Å². The minimum Gasteiger partial charge on any atom is -0.387 e. The van der Waals surface area contributed by atoms with Gasteiger partial charge in [-0.2, -0.15) is 0 Å². The summed E-state index contributed by atoms with van der Waals surface area (Å²) in [4.78, 5) is 0. The van der Waals surface area contributed by atoms with Crippen LogP contribution < -0.4 is 5.32 Å². The largest absolute Gasteiger partial charge is 0.387 e. The minimum absolute atomic E-state index is 0.496. The van der Waals surface area contributed by atoms with Crippen molar-refractivity contribution in [3.63, 3.8) is 0 Å². The first-order valence-corrected chi connectivity index (χ1v) is 7.62. The van der Waals surface area contributed by atoms with Gasteiger partial charge >= 0.3 is 0 Å². The molecule has 0 spiro atoms. The summed E-state index contributed by atoms with van der Waals surface area (Å²) in [6.07, 6.45) is -0.496. The fourth-order valence-electron chi connectivity index (χ4n) is 1.83. The number of aliphatic hydroxyl groups is 1. The number of rotatable bonds is 5. The molecule has 0 bridgehead atoms. The van der Waals surface area contributed by atoms with Crippen molar-refractivity contribution in [2.75, 3.05) is 6.54 Å². The molecule has 0 aliphatic rings. The number of nitrogens with one attached hydrogen (secondary N) is 1. The quantitative estimate of drug-likeness (QED) is 0.815. The lowest BCUT2D eigenvalue weighted by Gasteiger charge is -2.12. The van der Waals surface area contributed by atoms with Gasteiger partial charge in [0.2, 0.25) is 0 Å². The van der Waals surface area contributed by atoms with E-state index in [4.69, 9.17) is 0 Å². The molecule has 2 N–H and O–H groups in total. The first kappa shape index (κ1) is 14.7. The van der Waals surface area contributed by atoms with Gasteiger partial charge in [0.05, 0.1) is 6.10 Å². The maximum atomic E-state index is 10.1. The summed E-state index contributed by atoms with van der Waals surface area (Å²) in [6.45, 7) is 1.27. The second kappa shape index (κ2) is 7.20. The Balaban J connectivity index is 1.85.